The standard InChI is InChI=1S/C10H10Cl2N2O2/c11-7-2-1-3-8(9(7)12)14-10(15)13-4-6-5-16-6/h1-3,6H,4-5H2,(H2,13,14,15)/t6-/m0/s1. The Morgan fingerprint density at radius 2 is 2.25 bits per heavy atom. The monoisotopic (exact) mass is 260 g/mol. The van der Waals surface area contributed by atoms with E-state index in [9.17, 15) is 4.79 Å². The highest BCUT2D eigenvalue weighted by atomic mass is 35.5. The Kier molecular flexibility index (Phi) is 3.53. The number of amides is 2. The van der Waals surface area contributed by atoms with E-state index in [0.29, 0.717) is 28.9 Å². The van der Waals surface area contributed by atoms with Gasteiger partial charge in [0, 0.05) is 6.54 Å². The fraction of sp³-hybridized carbons (Fsp3) is 0.300. The lowest BCUT2D eigenvalue weighted by Gasteiger charge is -2.08. The summed E-state index contributed by atoms with van der Waals surface area (Å²) in [4.78, 5) is 11.4. The molecule has 86 valence electrons. The maximum absolute atomic E-state index is 11.4. The van der Waals surface area contributed by atoms with Crippen molar-refractivity contribution in [2.75, 3.05) is 18.5 Å². The van der Waals surface area contributed by atoms with Gasteiger partial charge >= 0.3 is 6.03 Å². The predicted octanol–water partition coefficient (Wildman–Crippen LogP) is 2.51. The zero-order valence-corrected chi connectivity index (χ0v) is 9.81. The molecule has 1 fully saturated rings. The molecule has 1 aromatic rings. The number of urea groups is 1. The molecule has 1 heterocycles. The summed E-state index contributed by atoms with van der Waals surface area (Å²) < 4.78 is 4.96. The van der Waals surface area contributed by atoms with Crippen LogP contribution in [-0.4, -0.2) is 25.3 Å². The third kappa shape index (κ3) is 3.01. The van der Waals surface area contributed by atoms with Crippen molar-refractivity contribution >= 4 is 34.9 Å². The minimum atomic E-state index is -0.320. The van der Waals surface area contributed by atoms with Gasteiger partial charge in [-0.1, -0.05) is 29.3 Å². The molecule has 2 N–H and O–H groups in total. The zero-order chi connectivity index (χ0) is 11.5. The number of hydrogen-bond donors (Lipinski definition) is 2. The summed E-state index contributed by atoms with van der Waals surface area (Å²) in [6.45, 7) is 1.21. The summed E-state index contributed by atoms with van der Waals surface area (Å²) in [5, 5.41) is 6.02. The quantitative estimate of drug-likeness (QED) is 0.821. The largest absolute Gasteiger partial charge is 0.371 e. The van der Waals surface area contributed by atoms with Crippen LogP contribution in [0.15, 0.2) is 18.2 Å². The van der Waals surface area contributed by atoms with Crippen LogP contribution in [0, 0.1) is 0 Å². The van der Waals surface area contributed by atoms with E-state index in [1.807, 2.05) is 0 Å². The lowest BCUT2D eigenvalue weighted by molar-refractivity contribution is 0.250. The molecule has 1 aliphatic rings. The average Bonchev–Trinajstić information content (AvgIpc) is 3.06. The second kappa shape index (κ2) is 4.91. The van der Waals surface area contributed by atoms with E-state index >= 15 is 0 Å². The summed E-state index contributed by atoms with van der Waals surface area (Å²) in [6, 6.07) is 4.74. The Morgan fingerprint density at radius 3 is 2.94 bits per heavy atom. The van der Waals surface area contributed by atoms with Gasteiger partial charge in [0.15, 0.2) is 0 Å². The molecule has 0 aliphatic carbocycles. The number of nitrogens with one attached hydrogen (secondary N) is 2. The molecule has 6 heteroatoms. The van der Waals surface area contributed by atoms with Crippen molar-refractivity contribution in [3.05, 3.63) is 28.2 Å². The number of halogens is 2. The number of anilines is 1. The van der Waals surface area contributed by atoms with E-state index in [0.717, 1.165) is 0 Å². The number of benzene rings is 1. The fourth-order valence-corrected chi connectivity index (χ4v) is 1.51. The van der Waals surface area contributed by atoms with E-state index in [4.69, 9.17) is 27.9 Å². The van der Waals surface area contributed by atoms with Crippen molar-refractivity contribution < 1.29 is 9.53 Å². The van der Waals surface area contributed by atoms with Crippen molar-refractivity contribution in [2.24, 2.45) is 0 Å². The predicted molar refractivity (Wildman–Crippen MR) is 63.2 cm³/mol. The topological polar surface area (TPSA) is 53.7 Å². The average molecular weight is 261 g/mol. The Balaban J connectivity index is 1.91. The maximum Gasteiger partial charge on any atom is 0.319 e. The molecule has 2 rings (SSSR count). The van der Waals surface area contributed by atoms with Gasteiger partial charge in [-0.15, -0.1) is 0 Å². The van der Waals surface area contributed by atoms with Crippen molar-refractivity contribution in [3.63, 3.8) is 0 Å². The Bertz CT molecular complexity index is 408. The highest BCUT2D eigenvalue weighted by molar-refractivity contribution is 6.43. The molecule has 4 nitrogen and oxygen atoms in total. The Labute approximate surface area is 103 Å². The Hall–Kier alpha value is -0.970. The zero-order valence-electron chi connectivity index (χ0n) is 8.30. The first kappa shape index (κ1) is 11.5. The summed E-state index contributed by atoms with van der Waals surface area (Å²) in [7, 11) is 0. The van der Waals surface area contributed by atoms with E-state index in [-0.39, 0.29) is 12.1 Å². The second-order valence-corrected chi connectivity index (χ2v) is 4.18. The van der Waals surface area contributed by atoms with E-state index in [1.54, 1.807) is 18.2 Å². The van der Waals surface area contributed by atoms with Crippen LogP contribution in [0.1, 0.15) is 0 Å². The minimum absolute atomic E-state index is 0.153. The molecule has 0 aromatic heterocycles. The molecule has 0 unspecified atom stereocenters. The van der Waals surface area contributed by atoms with Crippen LogP contribution in [0.3, 0.4) is 0 Å². The molecule has 1 atom stereocenters. The van der Waals surface area contributed by atoms with Gasteiger partial charge < -0.3 is 15.4 Å². The van der Waals surface area contributed by atoms with E-state index in [2.05, 4.69) is 10.6 Å². The summed E-state index contributed by atoms with van der Waals surface area (Å²) in [5.41, 5.74) is 0.489. The molecular formula is C10H10Cl2N2O2. The molecule has 1 aliphatic heterocycles. The summed E-state index contributed by atoms with van der Waals surface area (Å²) in [6.07, 6.45) is 0.153. The molecule has 0 saturated carbocycles. The number of carbonyl (C=O) groups excluding carboxylic acids is 1. The van der Waals surface area contributed by atoms with Gasteiger partial charge in [0.25, 0.3) is 0 Å². The third-order valence-electron chi connectivity index (χ3n) is 2.09. The van der Waals surface area contributed by atoms with Crippen LogP contribution in [0.25, 0.3) is 0 Å². The first-order valence-corrected chi connectivity index (χ1v) is 5.53. The molecule has 0 bridgehead atoms. The van der Waals surface area contributed by atoms with Crippen LogP contribution in [0.5, 0.6) is 0 Å². The van der Waals surface area contributed by atoms with Gasteiger partial charge in [0.2, 0.25) is 0 Å². The maximum atomic E-state index is 11.4. The van der Waals surface area contributed by atoms with Gasteiger partial charge in [-0.2, -0.15) is 0 Å². The van der Waals surface area contributed by atoms with Crippen LogP contribution in [0.4, 0.5) is 10.5 Å². The normalized spacial score (nSPS) is 18.0. The SMILES string of the molecule is O=C(NC[C@H]1CO1)Nc1cccc(Cl)c1Cl. The van der Waals surface area contributed by atoms with Crippen LogP contribution in [0.2, 0.25) is 10.0 Å². The van der Waals surface area contributed by atoms with Gasteiger partial charge in [-0.05, 0) is 12.1 Å². The van der Waals surface area contributed by atoms with Gasteiger partial charge in [-0.25, -0.2) is 4.79 Å². The van der Waals surface area contributed by atoms with Crippen molar-refractivity contribution in [1.82, 2.24) is 5.32 Å². The molecule has 2 amide bonds. The van der Waals surface area contributed by atoms with Crippen molar-refractivity contribution in [1.29, 1.82) is 0 Å². The van der Waals surface area contributed by atoms with Gasteiger partial charge in [-0.3, -0.25) is 0 Å². The van der Waals surface area contributed by atoms with Crippen molar-refractivity contribution in [2.45, 2.75) is 6.10 Å². The molecule has 0 radical (unpaired) electrons. The number of carbonyl (C=O) groups is 1. The number of hydrogen-bond acceptors (Lipinski definition) is 2. The van der Waals surface area contributed by atoms with Crippen LogP contribution >= 0.6 is 23.2 Å². The smallest absolute Gasteiger partial charge is 0.319 e. The highest BCUT2D eigenvalue weighted by Gasteiger charge is 2.22. The fourth-order valence-electron chi connectivity index (χ4n) is 1.16. The van der Waals surface area contributed by atoms with Gasteiger partial charge in [0.05, 0.1) is 28.4 Å². The second-order valence-electron chi connectivity index (χ2n) is 3.39. The van der Waals surface area contributed by atoms with E-state index in [1.165, 1.54) is 0 Å². The molecular weight excluding hydrogens is 251 g/mol. The summed E-state index contributed by atoms with van der Waals surface area (Å²) >= 11 is 11.7. The molecule has 1 saturated heterocycles. The first-order valence-electron chi connectivity index (χ1n) is 4.77. The molecule has 16 heavy (non-hydrogen) atoms. The highest BCUT2D eigenvalue weighted by Crippen LogP contribution is 2.29. The lowest BCUT2D eigenvalue weighted by Crippen LogP contribution is -2.31. The molecule has 1 aromatic carbocycles. The van der Waals surface area contributed by atoms with E-state index < -0.39 is 0 Å². The first-order chi connectivity index (χ1) is 7.66. The van der Waals surface area contributed by atoms with Crippen LogP contribution in [-0.2, 0) is 4.74 Å². The number of ether oxygens (including phenoxy) is 1. The Morgan fingerprint density at radius 1 is 1.50 bits per heavy atom. The third-order valence-corrected chi connectivity index (χ3v) is 2.91. The molecule has 0 spiro atoms. The minimum Gasteiger partial charge on any atom is -0.371 e. The number of rotatable bonds is 3. The number of epoxide rings is 1. The van der Waals surface area contributed by atoms with Crippen LogP contribution < -0.4 is 10.6 Å². The van der Waals surface area contributed by atoms with Gasteiger partial charge in [0.1, 0.15) is 0 Å². The van der Waals surface area contributed by atoms with Crippen molar-refractivity contribution in [3.8, 4) is 0 Å². The lowest BCUT2D eigenvalue weighted by atomic mass is 10.3. The summed E-state index contributed by atoms with van der Waals surface area (Å²) in [5.74, 6) is 0.